The number of carboxylic acids is 1. The van der Waals surface area contributed by atoms with E-state index in [-0.39, 0.29) is 46.2 Å². The van der Waals surface area contributed by atoms with Gasteiger partial charge in [0.15, 0.2) is 0 Å². The van der Waals surface area contributed by atoms with Crippen LogP contribution in [-0.2, 0) is 24.7 Å². The highest BCUT2D eigenvalue weighted by Gasteiger charge is 2.34. The number of hydrogen-bond donors (Lipinski definition) is 1. The van der Waals surface area contributed by atoms with Gasteiger partial charge >= 0.3 is 5.97 Å². The molecule has 0 unspecified atom stereocenters. The quantitative estimate of drug-likeness (QED) is 0.716. The second kappa shape index (κ2) is 8.30. The van der Waals surface area contributed by atoms with Crippen molar-refractivity contribution in [2.24, 2.45) is 5.92 Å². The molecule has 1 aliphatic rings. The fourth-order valence-corrected chi connectivity index (χ4v) is 7.16. The Hall–Kier alpha value is -1.94. The topological polar surface area (TPSA) is 109 Å². The van der Waals surface area contributed by atoms with Crippen LogP contribution >= 0.6 is 11.6 Å². The Kier molecular flexibility index (Phi) is 6.29. The van der Waals surface area contributed by atoms with Crippen LogP contribution < -0.4 is 0 Å². The predicted octanol–water partition coefficient (Wildman–Crippen LogP) is 3.27. The number of aryl methyl sites for hydroxylation is 1. The molecule has 0 aliphatic carbocycles. The van der Waals surface area contributed by atoms with Gasteiger partial charge in [0.25, 0.3) is 0 Å². The third kappa shape index (κ3) is 4.25. The number of carboxylic acid groups (broad SMARTS) is 1. The largest absolute Gasteiger partial charge is 0.481 e. The van der Waals surface area contributed by atoms with E-state index in [1.54, 1.807) is 6.92 Å². The highest BCUT2D eigenvalue weighted by atomic mass is 35.5. The van der Waals surface area contributed by atoms with Crippen LogP contribution in [0.15, 0.2) is 51.1 Å². The van der Waals surface area contributed by atoms with Crippen molar-refractivity contribution in [2.75, 3.05) is 13.1 Å². The molecule has 1 saturated heterocycles. The van der Waals surface area contributed by atoms with Crippen molar-refractivity contribution in [1.29, 1.82) is 0 Å². The van der Waals surface area contributed by atoms with Crippen molar-refractivity contribution < 1.29 is 26.7 Å². The van der Waals surface area contributed by atoms with Gasteiger partial charge in [-0.05, 0) is 74.2 Å². The standard InChI is InChI=1S/C20H22ClNO6S2/c1-13-11-18(29(25,26)17-5-3-16(21)4-6-17)14(2)19(12-13)30(27,28)22-9-7-15(8-10-22)20(23)24/h3-6,11-12,15H,7-10H2,1-2H3,(H,23,24). The molecule has 1 fully saturated rings. The summed E-state index contributed by atoms with van der Waals surface area (Å²) in [6.45, 7) is 3.26. The summed E-state index contributed by atoms with van der Waals surface area (Å²) >= 11 is 5.85. The summed E-state index contributed by atoms with van der Waals surface area (Å²) in [5.41, 5.74) is 0.628. The molecule has 0 bridgehead atoms. The lowest BCUT2D eigenvalue weighted by molar-refractivity contribution is -0.142. The van der Waals surface area contributed by atoms with E-state index in [1.807, 2.05) is 0 Å². The molecule has 2 aromatic carbocycles. The molecule has 0 saturated carbocycles. The summed E-state index contributed by atoms with van der Waals surface area (Å²) in [4.78, 5) is 11.0. The zero-order chi connectivity index (χ0) is 22.3. The third-order valence-corrected chi connectivity index (χ3v) is 9.46. The smallest absolute Gasteiger partial charge is 0.306 e. The Bertz CT molecular complexity index is 1180. The summed E-state index contributed by atoms with van der Waals surface area (Å²) in [6.07, 6.45) is 0.435. The molecule has 0 amide bonds. The first kappa shape index (κ1) is 22.7. The minimum Gasteiger partial charge on any atom is -0.481 e. The molecule has 1 heterocycles. The number of carbonyl (C=O) groups is 1. The SMILES string of the molecule is Cc1cc(S(=O)(=O)c2ccc(Cl)cc2)c(C)c(S(=O)(=O)N2CCC(C(=O)O)CC2)c1. The average Bonchev–Trinajstić information content (AvgIpc) is 2.69. The van der Waals surface area contributed by atoms with E-state index in [0.717, 1.165) is 0 Å². The molecular weight excluding hydrogens is 450 g/mol. The number of aliphatic carboxylic acids is 1. The van der Waals surface area contributed by atoms with Crippen LogP contribution in [0.3, 0.4) is 0 Å². The van der Waals surface area contributed by atoms with Gasteiger partial charge in [0, 0.05) is 18.1 Å². The van der Waals surface area contributed by atoms with Gasteiger partial charge in [0.05, 0.1) is 20.6 Å². The van der Waals surface area contributed by atoms with E-state index in [4.69, 9.17) is 16.7 Å². The Morgan fingerprint density at radius 1 is 1.00 bits per heavy atom. The number of nitrogens with zero attached hydrogens (tertiary/aromatic N) is 1. The molecule has 7 nitrogen and oxygen atoms in total. The van der Waals surface area contributed by atoms with Gasteiger partial charge in [0.2, 0.25) is 19.9 Å². The van der Waals surface area contributed by atoms with Crippen LogP contribution in [0.2, 0.25) is 5.02 Å². The maximum absolute atomic E-state index is 13.3. The molecular formula is C20H22ClNO6S2. The van der Waals surface area contributed by atoms with Crippen LogP contribution in [0.1, 0.15) is 24.0 Å². The molecule has 2 aromatic rings. The average molecular weight is 472 g/mol. The van der Waals surface area contributed by atoms with E-state index in [1.165, 1.54) is 47.6 Å². The number of rotatable bonds is 5. The highest BCUT2D eigenvalue weighted by molar-refractivity contribution is 7.91. The monoisotopic (exact) mass is 471 g/mol. The highest BCUT2D eigenvalue weighted by Crippen LogP contribution is 2.32. The van der Waals surface area contributed by atoms with Crippen molar-refractivity contribution in [1.82, 2.24) is 4.31 Å². The maximum atomic E-state index is 13.3. The third-order valence-electron chi connectivity index (χ3n) is 5.29. The minimum atomic E-state index is -3.98. The fourth-order valence-electron chi connectivity index (χ4n) is 3.56. The van der Waals surface area contributed by atoms with Crippen molar-refractivity contribution >= 4 is 37.4 Å². The molecule has 0 spiro atoms. The number of sulfone groups is 1. The van der Waals surface area contributed by atoms with Crippen LogP contribution in [0.4, 0.5) is 0 Å². The van der Waals surface area contributed by atoms with Gasteiger partial charge in [-0.15, -0.1) is 0 Å². The Balaban J connectivity index is 2.05. The number of halogens is 1. The van der Waals surface area contributed by atoms with Crippen molar-refractivity contribution in [3.05, 3.63) is 52.5 Å². The van der Waals surface area contributed by atoms with E-state index in [2.05, 4.69) is 0 Å². The van der Waals surface area contributed by atoms with E-state index in [0.29, 0.717) is 10.6 Å². The second-order valence-corrected chi connectivity index (χ2v) is 11.6. The molecule has 10 heteroatoms. The fraction of sp³-hybridized carbons (Fsp3) is 0.350. The van der Waals surface area contributed by atoms with Gasteiger partial charge in [-0.25, -0.2) is 16.8 Å². The van der Waals surface area contributed by atoms with Gasteiger partial charge < -0.3 is 5.11 Å². The first-order valence-corrected chi connectivity index (χ1v) is 12.6. The summed E-state index contributed by atoms with van der Waals surface area (Å²) in [7, 11) is -7.94. The molecule has 0 aromatic heterocycles. The summed E-state index contributed by atoms with van der Waals surface area (Å²) in [6, 6.07) is 8.59. The van der Waals surface area contributed by atoms with Crippen molar-refractivity contribution in [3.63, 3.8) is 0 Å². The van der Waals surface area contributed by atoms with Crippen LogP contribution in [0.5, 0.6) is 0 Å². The summed E-state index contributed by atoms with van der Waals surface area (Å²) in [5, 5.41) is 9.52. The van der Waals surface area contributed by atoms with E-state index >= 15 is 0 Å². The second-order valence-electron chi connectivity index (χ2n) is 7.36. The van der Waals surface area contributed by atoms with Gasteiger partial charge in [-0.3, -0.25) is 4.79 Å². The van der Waals surface area contributed by atoms with Gasteiger partial charge in [0.1, 0.15) is 0 Å². The summed E-state index contributed by atoms with van der Waals surface area (Å²) in [5.74, 6) is -1.51. The number of sulfonamides is 1. The molecule has 3 rings (SSSR count). The molecule has 0 radical (unpaired) electrons. The van der Waals surface area contributed by atoms with E-state index < -0.39 is 31.7 Å². The lowest BCUT2D eigenvalue weighted by Gasteiger charge is -2.30. The van der Waals surface area contributed by atoms with E-state index in [9.17, 15) is 21.6 Å². The Labute approximate surface area is 181 Å². The number of hydrogen-bond acceptors (Lipinski definition) is 5. The van der Waals surface area contributed by atoms with Crippen LogP contribution in [0, 0.1) is 19.8 Å². The molecule has 0 atom stereocenters. The molecule has 30 heavy (non-hydrogen) atoms. The lowest BCUT2D eigenvalue weighted by Crippen LogP contribution is -2.40. The first-order valence-electron chi connectivity index (χ1n) is 9.29. The van der Waals surface area contributed by atoms with Crippen molar-refractivity contribution in [3.8, 4) is 0 Å². The first-order chi connectivity index (χ1) is 13.9. The lowest BCUT2D eigenvalue weighted by atomic mass is 9.99. The number of piperidine rings is 1. The Morgan fingerprint density at radius 3 is 2.07 bits per heavy atom. The van der Waals surface area contributed by atoms with Crippen LogP contribution in [-0.4, -0.2) is 45.3 Å². The molecule has 162 valence electrons. The van der Waals surface area contributed by atoms with Gasteiger partial charge in [-0.1, -0.05) is 11.6 Å². The van der Waals surface area contributed by atoms with Crippen molar-refractivity contribution in [2.45, 2.75) is 41.4 Å². The zero-order valence-corrected chi connectivity index (χ0v) is 18.9. The zero-order valence-electron chi connectivity index (χ0n) is 16.5. The minimum absolute atomic E-state index is 0.0196. The molecule has 1 N–H and O–H groups in total. The normalized spacial score (nSPS) is 16.5. The summed E-state index contributed by atoms with van der Waals surface area (Å²) < 4.78 is 54.1. The van der Waals surface area contributed by atoms with Crippen LogP contribution in [0.25, 0.3) is 0 Å². The maximum Gasteiger partial charge on any atom is 0.306 e. The number of benzene rings is 2. The predicted molar refractivity (Wildman–Crippen MR) is 112 cm³/mol. The Morgan fingerprint density at radius 2 is 1.53 bits per heavy atom. The molecule has 1 aliphatic heterocycles. The van der Waals surface area contributed by atoms with Gasteiger partial charge in [-0.2, -0.15) is 4.31 Å².